The number of ether oxygens (including phenoxy) is 3. The molecular weight excluding hydrogens is 412 g/mol. The summed E-state index contributed by atoms with van der Waals surface area (Å²) in [6.07, 6.45) is 1.95. The lowest BCUT2D eigenvalue weighted by molar-refractivity contribution is 0.0511. The maximum absolute atomic E-state index is 5.71. The van der Waals surface area contributed by atoms with E-state index in [0.29, 0.717) is 6.79 Å². The van der Waals surface area contributed by atoms with Crippen molar-refractivity contribution < 1.29 is 14.2 Å². The predicted molar refractivity (Wildman–Crippen MR) is 124 cm³/mol. The minimum atomic E-state index is -0.00599. The lowest BCUT2D eigenvalue weighted by Crippen LogP contribution is -2.54. The molecule has 2 saturated heterocycles. The van der Waals surface area contributed by atoms with Crippen molar-refractivity contribution in [3.63, 3.8) is 0 Å². The van der Waals surface area contributed by atoms with Crippen molar-refractivity contribution in [2.24, 2.45) is 4.99 Å². The highest BCUT2D eigenvalue weighted by Gasteiger charge is 2.36. The van der Waals surface area contributed by atoms with E-state index in [9.17, 15) is 0 Å². The summed E-state index contributed by atoms with van der Waals surface area (Å²) in [7, 11) is 1.88. The number of nitrogens with zero attached hydrogens (tertiary/aromatic N) is 3. The van der Waals surface area contributed by atoms with Gasteiger partial charge in [-0.25, -0.2) is 0 Å². The van der Waals surface area contributed by atoms with Crippen LogP contribution in [0, 0.1) is 0 Å². The summed E-state index contributed by atoms with van der Waals surface area (Å²) in [5.41, 5.74) is 1.28. The van der Waals surface area contributed by atoms with Gasteiger partial charge in [0.1, 0.15) is 0 Å². The molecule has 0 unspecified atom stereocenters. The molecule has 0 aliphatic carbocycles. The zero-order chi connectivity index (χ0) is 21.1. The maximum atomic E-state index is 5.71. The largest absolute Gasteiger partial charge is 0.454 e. The third-order valence-corrected chi connectivity index (χ3v) is 7.56. The van der Waals surface area contributed by atoms with Crippen molar-refractivity contribution >= 4 is 22.3 Å². The Morgan fingerprint density at radius 3 is 2.65 bits per heavy atom. The maximum Gasteiger partial charge on any atom is 0.231 e. The van der Waals surface area contributed by atoms with E-state index in [4.69, 9.17) is 14.2 Å². The van der Waals surface area contributed by atoms with Gasteiger partial charge in [-0.3, -0.25) is 4.99 Å². The molecular formula is C23H30N4O3S. The molecule has 3 aliphatic rings. The molecule has 1 N–H and O–H groups in total. The molecule has 0 atom stereocenters. The third kappa shape index (κ3) is 4.19. The lowest BCUT2D eigenvalue weighted by Gasteiger charge is -2.41. The van der Waals surface area contributed by atoms with E-state index in [0.717, 1.165) is 76.2 Å². The highest BCUT2D eigenvalue weighted by atomic mass is 32.1. The minimum absolute atomic E-state index is 0.00599. The van der Waals surface area contributed by atoms with Crippen molar-refractivity contribution in [1.82, 2.24) is 10.2 Å². The molecule has 166 valence electrons. The average molecular weight is 443 g/mol. The summed E-state index contributed by atoms with van der Waals surface area (Å²) in [6.45, 7) is 6.65. The smallest absolute Gasteiger partial charge is 0.231 e. The van der Waals surface area contributed by atoms with E-state index in [1.165, 1.54) is 10.6 Å². The van der Waals surface area contributed by atoms with Crippen LogP contribution < -0.4 is 19.7 Å². The molecule has 0 bridgehead atoms. The number of hydrogen-bond donors (Lipinski definition) is 1. The summed E-state index contributed by atoms with van der Waals surface area (Å²) in [4.78, 5) is 9.44. The molecule has 0 amide bonds. The van der Waals surface area contributed by atoms with Crippen LogP contribution in [0.25, 0.3) is 0 Å². The number of fused-ring (bicyclic) bond motifs is 1. The second-order valence-corrected chi connectivity index (χ2v) is 9.21. The Hall–Kier alpha value is -2.45. The number of guanidine groups is 1. The zero-order valence-corrected chi connectivity index (χ0v) is 18.8. The lowest BCUT2D eigenvalue weighted by atomic mass is 9.74. The SMILES string of the molecule is CN=C(NCC1(c2ccc3c(c2)OCO3)CCOCC1)N1CCN(c2cccs2)CC1. The van der Waals surface area contributed by atoms with E-state index in [-0.39, 0.29) is 5.41 Å². The van der Waals surface area contributed by atoms with E-state index in [1.807, 2.05) is 24.5 Å². The van der Waals surface area contributed by atoms with E-state index >= 15 is 0 Å². The monoisotopic (exact) mass is 442 g/mol. The first-order valence-corrected chi connectivity index (χ1v) is 11.9. The number of rotatable bonds is 4. The molecule has 0 radical (unpaired) electrons. The van der Waals surface area contributed by atoms with Crippen LogP contribution in [-0.4, -0.2) is 70.6 Å². The Kier molecular flexibility index (Phi) is 5.91. The molecule has 31 heavy (non-hydrogen) atoms. The van der Waals surface area contributed by atoms with Gasteiger partial charge in [0.05, 0.1) is 5.00 Å². The average Bonchev–Trinajstić information content (AvgIpc) is 3.52. The normalized spacial score (nSPS) is 20.7. The first kappa shape index (κ1) is 20.5. The minimum Gasteiger partial charge on any atom is -0.454 e. The van der Waals surface area contributed by atoms with Gasteiger partial charge in [-0.15, -0.1) is 11.3 Å². The van der Waals surface area contributed by atoms with Crippen molar-refractivity contribution in [3.05, 3.63) is 41.3 Å². The van der Waals surface area contributed by atoms with Crippen LogP contribution in [0.3, 0.4) is 0 Å². The summed E-state index contributed by atoms with van der Waals surface area (Å²) < 4.78 is 16.9. The van der Waals surface area contributed by atoms with Crippen LogP contribution in [0.15, 0.2) is 40.7 Å². The number of thiophene rings is 1. The second-order valence-electron chi connectivity index (χ2n) is 8.29. The summed E-state index contributed by atoms with van der Waals surface area (Å²) >= 11 is 1.81. The molecule has 2 aromatic rings. The molecule has 1 aromatic heterocycles. The summed E-state index contributed by atoms with van der Waals surface area (Å²) in [6, 6.07) is 10.7. The highest BCUT2D eigenvalue weighted by molar-refractivity contribution is 7.14. The molecule has 2 fully saturated rings. The molecule has 0 spiro atoms. The second kappa shape index (κ2) is 8.96. The Balaban J connectivity index is 1.26. The Bertz CT molecular complexity index is 904. The van der Waals surface area contributed by atoms with Gasteiger partial charge in [-0.2, -0.15) is 0 Å². The number of hydrogen-bond acceptors (Lipinski definition) is 6. The predicted octanol–water partition coefficient (Wildman–Crippen LogP) is 2.92. The molecule has 7 nitrogen and oxygen atoms in total. The fourth-order valence-corrected chi connectivity index (χ4v) is 5.51. The number of nitrogens with one attached hydrogen (secondary N) is 1. The van der Waals surface area contributed by atoms with Gasteiger partial charge in [0.25, 0.3) is 0 Å². The third-order valence-electron chi connectivity index (χ3n) is 6.63. The van der Waals surface area contributed by atoms with Gasteiger partial charge in [0, 0.05) is 58.4 Å². The number of benzene rings is 1. The Labute approximate surface area is 187 Å². The summed E-state index contributed by atoms with van der Waals surface area (Å²) in [5.74, 6) is 2.66. The molecule has 1 aromatic carbocycles. The fraction of sp³-hybridized carbons (Fsp3) is 0.522. The van der Waals surface area contributed by atoms with E-state index < -0.39 is 0 Å². The number of aliphatic imine (C=N–C) groups is 1. The fourth-order valence-electron chi connectivity index (χ4n) is 4.73. The topological polar surface area (TPSA) is 58.6 Å². The van der Waals surface area contributed by atoms with Crippen molar-refractivity contribution in [2.45, 2.75) is 18.3 Å². The molecule has 4 heterocycles. The van der Waals surface area contributed by atoms with Crippen LogP contribution in [0.4, 0.5) is 5.00 Å². The van der Waals surface area contributed by atoms with Crippen molar-refractivity contribution in [2.75, 3.05) is 64.7 Å². The quantitative estimate of drug-likeness (QED) is 0.581. The molecule has 3 aliphatic heterocycles. The number of piperazine rings is 1. The van der Waals surface area contributed by atoms with Crippen molar-refractivity contribution in [1.29, 1.82) is 0 Å². The van der Waals surface area contributed by atoms with Gasteiger partial charge < -0.3 is 29.3 Å². The van der Waals surface area contributed by atoms with Crippen LogP contribution in [0.2, 0.25) is 0 Å². The van der Waals surface area contributed by atoms with Crippen LogP contribution in [0.1, 0.15) is 18.4 Å². The Morgan fingerprint density at radius 1 is 1.10 bits per heavy atom. The highest BCUT2D eigenvalue weighted by Crippen LogP contribution is 2.40. The van der Waals surface area contributed by atoms with Crippen LogP contribution >= 0.6 is 11.3 Å². The Morgan fingerprint density at radius 2 is 1.90 bits per heavy atom. The zero-order valence-electron chi connectivity index (χ0n) is 18.0. The first-order chi connectivity index (χ1) is 15.3. The molecule has 0 saturated carbocycles. The van der Waals surface area contributed by atoms with E-state index in [2.05, 4.69) is 49.8 Å². The van der Waals surface area contributed by atoms with Gasteiger partial charge in [-0.05, 0) is 48.1 Å². The van der Waals surface area contributed by atoms with Crippen molar-refractivity contribution in [3.8, 4) is 11.5 Å². The summed E-state index contributed by atoms with van der Waals surface area (Å²) in [5, 5.41) is 7.20. The molecule has 5 rings (SSSR count). The van der Waals surface area contributed by atoms with Gasteiger partial charge in [0.2, 0.25) is 6.79 Å². The van der Waals surface area contributed by atoms with Gasteiger partial charge >= 0.3 is 0 Å². The molecule has 8 heteroatoms. The van der Waals surface area contributed by atoms with Gasteiger partial charge in [-0.1, -0.05) is 6.07 Å². The standard InChI is InChI=1S/C23H30N4O3S/c1-24-22(27-10-8-26(9-11-27)21-3-2-14-31-21)25-16-23(6-12-28-13-7-23)18-4-5-19-20(15-18)30-17-29-19/h2-5,14-15H,6-13,16-17H2,1H3,(H,24,25). The first-order valence-electron chi connectivity index (χ1n) is 11.0. The van der Waals surface area contributed by atoms with Crippen LogP contribution in [-0.2, 0) is 10.2 Å². The van der Waals surface area contributed by atoms with Crippen LogP contribution in [0.5, 0.6) is 11.5 Å². The van der Waals surface area contributed by atoms with E-state index in [1.54, 1.807) is 0 Å². The number of anilines is 1. The van der Waals surface area contributed by atoms with Gasteiger partial charge in [0.15, 0.2) is 17.5 Å².